The number of pyridine rings is 1. The third-order valence-corrected chi connectivity index (χ3v) is 4.56. The Labute approximate surface area is 160 Å². The Morgan fingerprint density at radius 1 is 1.21 bits per heavy atom. The van der Waals surface area contributed by atoms with Crippen LogP contribution in [-0.4, -0.2) is 25.8 Å². The first-order valence-corrected chi connectivity index (χ1v) is 8.94. The summed E-state index contributed by atoms with van der Waals surface area (Å²) in [7, 11) is 0. The number of H-pyrrole nitrogens is 2. The number of aromatic amines is 2. The number of fused-ring (bicyclic) bond motifs is 1. The van der Waals surface area contributed by atoms with E-state index in [2.05, 4.69) is 25.3 Å². The number of hydrogen-bond donors (Lipinski definition) is 3. The normalized spacial score (nSPS) is 12.0. The van der Waals surface area contributed by atoms with Crippen LogP contribution < -0.4 is 10.9 Å². The van der Waals surface area contributed by atoms with E-state index >= 15 is 0 Å². The molecule has 0 spiro atoms. The maximum atomic E-state index is 12.7. The summed E-state index contributed by atoms with van der Waals surface area (Å²) >= 11 is 0. The number of para-hydroxylation sites is 1. The van der Waals surface area contributed by atoms with Crippen molar-refractivity contribution in [3.8, 4) is 0 Å². The van der Waals surface area contributed by atoms with E-state index in [0.29, 0.717) is 23.5 Å². The van der Waals surface area contributed by atoms with Gasteiger partial charge in [-0.25, -0.2) is 4.98 Å². The Morgan fingerprint density at radius 2 is 2.07 bits per heavy atom. The van der Waals surface area contributed by atoms with Gasteiger partial charge in [0.1, 0.15) is 5.82 Å². The van der Waals surface area contributed by atoms with Crippen LogP contribution in [0.25, 0.3) is 10.9 Å². The van der Waals surface area contributed by atoms with Gasteiger partial charge in [0.25, 0.3) is 11.5 Å². The van der Waals surface area contributed by atoms with Crippen molar-refractivity contribution in [1.29, 1.82) is 0 Å². The third-order valence-electron chi connectivity index (χ3n) is 4.56. The van der Waals surface area contributed by atoms with Crippen molar-refractivity contribution < 1.29 is 4.79 Å². The average molecular weight is 373 g/mol. The van der Waals surface area contributed by atoms with E-state index in [-0.39, 0.29) is 11.5 Å². The molecule has 1 atom stereocenters. The first kappa shape index (κ1) is 17.7. The molecule has 0 aliphatic rings. The smallest absolute Gasteiger partial charge is 0.253 e. The van der Waals surface area contributed by atoms with E-state index < -0.39 is 6.04 Å². The molecule has 0 bridgehead atoms. The predicted molar refractivity (Wildman–Crippen MR) is 106 cm³/mol. The number of aromatic nitrogens is 4. The van der Waals surface area contributed by atoms with E-state index in [1.807, 2.05) is 30.5 Å². The van der Waals surface area contributed by atoms with Gasteiger partial charge in [0.15, 0.2) is 0 Å². The molecule has 3 N–H and O–H groups in total. The molecule has 3 heterocycles. The molecule has 0 saturated carbocycles. The molecule has 4 aromatic rings. The van der Waals surface area contributed by atoms with Gasteiger partial charge in [0, 0.05) is 42.0 Å². The van der Waals surface area contributed by atoms with Crippen LogP contribution in [0.4, 0.5) is 0 Å². The monoisotopic (exact) mass is 373 g/mol. The van der Waals surface area contributed by atoms with E-state index in [9.17, 15) is 9.59 Å². The van der Waals surface area contributed by atoms with Crippen molar-refractivity contribution in [2.24, 2.45) is 0 Å². The van der Waals surface area contributed by atoms with Crippen LogP contribution in [0.5, 0.6) is 0 Å². The Bertz CT molecular complexity index is 1180. The largest absolute Gasteiger partial charge is 0.361 e. The molecule has 4 rings (SSSR count). The molecule has 1 amide bonds. The van der Waals surface area contributed by atoms with Crippen LogP contribution in [-0.2, 0) is 6.42 Å². The molecule has 0 aliphatic heterocycles. The fourth-order valence-electron chi connectivity index (χ4n) is 3.27. The van der Waals surface area contributed by atoms with Gasteiger partial charge in [-0.2, -0.15) is 0 Å². The number of hydrogen-bond acceptors (Lipinski definition) is 4. The van der Waals surface area contributed by atoms with Gasteiger partial charge >= 0.3 is 0 Å². The molecule has 3 aromatic heterocycles. The molecule has 0 fully saturated rings. The standard InChI is InChI=1S/C21H19N5O2/c1-13-24-19(10-20(27)25-13)18(26-21(28)14-5-4-8-22-11-14)9-15-12-23-17-7-3-2-6-16(15)17/h2-8,10-12,18,23H,9H2,1H3,(H,26,28)(H,24,25,27)/t18-/m0/s1. The quantitative estimate of drug-likeness (QED) is 0.500. The molecular formula is C21H19N5O2. The lowest BCUT2D eigenvalue weighted by Crippen LogP contribution is -2.31. The molecule has 28 heavy (non-hydrogen) atoms. The van der Waals surface area contributed by atoms with Crippen LogP contribution in [0.2, 0.25) is 0 Å². The van der Waals surface area contributed by atoms with Crippen molar-refractivity contribution in [1.82, 2.24) is 25.3 Å². The molecule has 0 radical (unpaired) electrons. The maximum Gasteiger partial charge on any atom is 0.253 e. The summed E-state index contributed by atoms with van der Waals surface area (Å²) in [4.78, 5) is 39.0. The third kappa shape index (κ3) is 3.68. The van der Waals surface area contributed by atoms with Gasteiger partial charge in [0.2, 0.25) is 0 Å². The van der Waals surface area contributed by atoms with Gasteiger partial charge in [-0.3, -0.25) is 14.6 Å². The highest BCUT2D eigenvalue weighted by Crippen LogP contribution is 2.23. The number of carbonyl (C=O) groups is 1. The Kier molecular flexibility index (Phi) is 4.72. The summed E-state index contributed by atoms with van der Waals surface area (Å²) in [5, 5.41) is 4.07. The number of aryl methyl sites for hydroxylation is 1. The SMILES string of the molecule is Cc1nc([C@H](Cc2c[nH]c3ccccc23)NC(=O)c2cccnc2)cc(=O)[nH]1. The fourth-order valence-corrected chi connectivity index (χ4v) is 3.27. The average Bonchev–Trinajstić information content (AvgIpc) is 3.10. The van der Waals surface area contributed by atoms with Crippen LogP contribution in [0.1, 0.15) is 33.5 Å². The molecule has 7 heteroatoms. The summed E-state index contributed by atoms with van der Waals surface area (Å²) in [5.41, 5.74) is 2.77. The van der Waals surface area contributed by atoms with Crippen molar-refractivity contribution >= 4 is 16.8 Å². The molecule has 1 aromatic carbocycles. The van der Waals surface area contributed by atoms with Crippen LogP contribution in [0.3, 0.4) is 0 Å². The lowest BCUT2D eigenvalue weighted by atomic mass is 10.0. The maximum absolute atomic E-state index is 12.7. The van der Waals surface area contributed by atoms with Crippen LogP contribution in [0, 0.1) is 6.92 Å². The Morgan fingerprint density at radius 3 is 2.86 bits per heavy atom. The minimum absolute atomic E-state index is 0.248. The summed E-state index contributed by atoms with van der Waals surface area (Å²) < 4.78 is 0. The zero-order valence-corrected chi connectivity index (χ0v) is 15.3. The first-order valence-electron chi connectivity index (χ1n) is 8.94. The van der Waals surface area contributed by atoms with E-state index in [1.165, 1.54) is 12.3 Å². The Balaban J connectivity index is 1.70. The van der Waals surface area contributed by atoms with Gasteiger partial charge in [-0.15, -0.1) is 0 Å². The highest BCUT2D eigenvalue weighted by Gasteiger charge is 2.20. The zero-order valence-electron chi connectivity index (χ0n) is 15.3. The van der Waals surface area contributed by atoms with Crippen LogP contribution >= 0.6 is 0 Å². The Hall–Kier alpha value is -3.74. The summed E-state index contributed by atoms with van der Waals surface area (Å²) in [5.74, 6) is 0.236. The highest BCUT2D eigenvalue weighted by molar-refractivity contribution is 5.94. The van der Waals surface area contributed by atoms with Crippen molar-refractivity contribution in [2.45, 2.75) is 19.4 Å². The molecule has 0 unspecified atom stereocenters. The lowest BCUT2D eigenvalue weighted by Gasteiger charge is -2.18. The zero-order chi connectivity index (χ0) is 19.5. The highest BCUT2D eigenvalue weighted by atomic mass is 16.1. The molecule has 0 saturated heterocycles. The minimum atomic E-state index is -0.465. The number of nitrogens with zero attached hydrogens (tertiary/aromatic N) is 2. The molecule has 7 nitrogen and oxygen atoms in total. The van der Waals surface area contributed by atoms with E-state index in [1.54, 1.807) is 25.3 Å². The lowest BCUT2D eigenvalue weighted by molar-refractivity contribution is 0.0935. The second-order valence-corrected chi connectivity index (χ2v) is 6.59. The van der Waals surface area contributed by atoms with Gasteiger partial charge < -0.3 is 15.3 Å². The summed E-state index contributed by atoms with van der Waals surface area (Å²) in [6, 6.07) is 12.3. The second kappa shape index (κ2) is 7.48. The predicted octanol–water partition coefficient (Wildman–Crippen LogP) is 2.67. The number of nitrogens with one attached hydrogen (secondary N) is 3. The van der Waals surface area contributed by atoms with Crippen molar-refractivity contribution in [3.05, 3.63) is 94.1 Å². The number of rotatable bonds is 5. The van der Waals surface area contributed by atoms with E-state index in [4.69, 9.17) is 0 Å². The number of benzene rings is 1. The first-order chi connectivity index (χ1) is 13.6. The number of amides is 1. The fraction of sp³-hybridized carbons (Fsp3) is 0.143. The summed E-state index contributed by atoms with van der Waals surface area (Å²) in [6.45, 7) is 1.72. The molecular weight excluding hydrogens is 354 g/mol. The van der Waals surface area contributed by atoms with Crippen molar-refractivity contribution in [3.63, 3.8) is 0 Å². The van der Waals surface area contributed by atoms with Gasteiger partial charge in [0.05, 0.1) is 17.3 Å². The second-order valence-electron chi connectivity index (χ2n) is 6.59. The molecule has 140 valence electrons. The minimum Gasteiger partial charge on any atom is -0.361 e. The van der Waals surface area contributed by atoms with Gasteiger partial charge in [-0.05, 0) is 30.7 Å². The summed E-state index contributed by atoms with van der Waals surface area (Å²) in [6.07, 6.45) is 5.54. The topological polar surface area (TPSA) is 104 Å². The van der Waals surface area contributed by atoms with Gasteiger partial charge in [-0.1, -0.05) is 18.2 Å². The van der Waals surface area contributed by atoms with Crippen molar-refractivity contribution in [2.75, 3.05) is 0 Å². The number of carbonyl (C=O) groups excluding carboxylic acids is 1. The van der Waals surface area contributed by atoms with Crippen LogP contribution in [0.15, 0.2) is 65.8 Å². The van der Waals surface area contributed by atoms with E-state index in [0.717, 1.165) is 16.5 Å². The molecule has 0 aliphatic carbocycles.